The number of unbranched alkanes of at least 4 members (excludes halogenated alkanes) is 1. The molecular weight excluding hydrogens is 372 g/mol. The van der Waals surface area contributed by atoms with E-state index in [1.807, 2.05) is 19.1 Å². The number of rotatable bonds is 11. The van der Waals surface area contributed by atoms with Gasteiger partial charge in [0.15, 0.2) is 17.5 Å². The second-order valence-electron chi connectivity index (χ2n) is 6.47. The van der Waals surface area contributed by atoms with Crippen LogP contribution in [0.5, 0.6) is 11.5 Å². The Hall–Kier alpha value is -2.28. The van der Waals surface area contributed by atoms with E-state index in [4.69, 9.17) is 9.47 Å². The molecule has 0 fully saturated rings. The Morgan fingerprint density at radius 1 is 1.11 bits per heavy atom. The summed E-state index contributed by atoms with van der Waals surface area (Å²) in [4.78, 5) is 9.18. The number of aliphatic imine (C=N–C) groups is 1. The van der Waals surface area contributed by atoms with Crippen molar-refractivity contribution in [2.45, 2.75) is 39.5 Å². The molecule has 6 nitrogen and oxygen atoms in total. The van der Waals surface area contributed by atoms with E-state index in [9.17, 15) is 0 Å². The van der Waals surface area contributed by atoms with Crippen LogP contribution in [0.1, 0.15) is 36.0 Å². The van der Waals surface area contributed by atoms with Crippen molar-refractivity contribution in [1.82, 2.24) is 15.6 Å². The van der Waals surface area contributed by atoms with Crippen molar-refractivity contribution < 1.29 is 9.47 Å². The highest BCUT2D eigenvalue weighted by Gasteiger charge is 2.05. The van der Waals surface area contributed by atoms with E-state index in [1.165, 1.54) is 10.6 Å². The number of ether oxygens (including phenoxy) is 2. The summed E-state index contributed by atoms with van der Waals surface area (Å²) in [6.07, 6.45) is 4.10. The third-order valence-corrected chi connectivity index (χ3v) is 5.26. The van der Waals surface area contributed by atoms with Crippen LogP contribution in [0.2, 0.25) is 0 Å². The van der Waals surface area contributed by atoms with Crippen molar-refractivity contribution in [3.63, 3.8) is 0 Å². The first-order chi connectivity index (χ1) is 13.7. The fraction of sp³-hybridized carbons (Fsp3) is 0.524. The Kier molecular flexibility index (Phi) is 9.62. The lowest BCUT2D eigenvalue weighted by molar-refractivity contribution is 0.354. The minimum absolute atomic E-state index is 0.752. The summed E-state index contributed by atoms with van der Waals surface area (Å²) in [6, 6.07) is 6.02. The minimum Gasteiger partial charge on any atom is -0.493 e. The molecule has 0 aliphatic carbocycles. The summed E-state index contributed by atoms with van der Waals surface area (Å²) in [5.74, 6) is 2.38. The zero-order valence-corrected chi connectivity index (χ0v) is 18.2. The fourth-order valence-corrected chi connectivity index (χ4v) is 3.62. The summed E-state index contributed by atoms with van der Waals surface area (Å²) >= 11 is 1.75. The van der Waals surface area contributed by atoms with Crippen LogP contribution in [0.4, 0.5) is 0 Å². The first kappa shape index (κ1) is 22.0. The molecule has 0 saturated heterocycles. The van der Waals surface area contributed by atoms with Gasteiger partial charge in [-0.05, 0) is 57.2 Å². The average molecular weight is 405 g/mol. The number of nitrogens with zero attached hydrogens (tertiary/aromatic N) is 2. The standard InChI is InChI=1S/C21H32N4O2S/c1-5-22-21(23-12-7-6-8-20-25-16(2)15-28-20)24-13-11-17-9-10-18(26-3)19(14-17)27-4/h9-10,14-15H,5-8,11-13H2,1-4H3,(H2,22,23,24). The van der Waals surface area contributed by atoms with Crippen LogP contribution < -0.4 is 20.1 Å². The molecule has 28 heavy (non-hydrogen) atoms. The van der Waals surface area contributed by atoms with Crippen LogP contribution in [0.25, 0.3) is 0 Å². The van der Waals surface area contributed by atoms with Crippen molar-refractivity contribution in [2.24, 2.45) is 4.99 Å². The number of guanidine groups is 1. The van der Waals surface area contributed by atoms with E-state index >= 15 is 0 Å². The van der Waals surface area contributed by atoms with Gasteiger partial charge in [0.25, 0.3) is 0 Å². The van der Waals surface area contributed by atoms with E-state index in [0.29, 0.717) is 0 Å². The maximum Gasteiger partial charge on any atom is 0.191 e. The van der Waals surface area contributed by atoms with Crippen molar-refractivity contribution in [1.29, 1.82) is 0 Å². The van der Waals surface area contributed by atoms with Crippen LogP contribution in [-0.4, -0.2) is 44.8 Å². The topological polar surface area (TPSA) is 67.8 Å². The van der Waals surface area contributed by atoms with Crippen molar-refractivity contribution >= 4 is 17.3 Å². The monoisotopic (exact) mass is 404 g/mol. The molecule has 0 unspecified atom stereocenters. The highest BCUT2D eigenvalue weighted by atomic mass is 32.1. The second-order valence-corrected chi connectivity index (χ2v) is 7.41. The van der Waals surface area contributed by atoms with Gasteiger partial charge in [0.2, 0.25) is 0 Å². The lowest BCUT2D eigenvalue weighted by Crippen LogP contribution is -2.38. The minimum atomic E-state index is 0.752. The maximum atomic E-state index is 5.37. The van der Waals surface area contributed by atoms with Gasteiger partial charge in [0.05, 0.1) is 19.2 Å². The number of methoxy groups -OCH3 is 2. The molecule has 0 spiro atoms. The predicted octanol–water partition coefficient (Wildman–Crippen LogP) is 3.59. The Bertz CT molecular complexity index is 746. The third kappa shape index (κ3) is 7.38. The largest absolute Gasteiger partial charge is 0.493 e. The molecule has 7 heteroatoms. The first-order valence-electron chi connectivity index (χ1n) is 9.80. The predicted molar refractivity (Wildman–Crippen MR) is 117 cm³/mol. The summed E-state index contributed by atoms with van der Waals surface area (Å²) in [6.45, 7) is 6.59. The van der Waals surface area contributed by atoms with E-state index in [2.05, 4.69) is 39.0 Å². The number of hydrogen-bond donors (Lipinski definition) is 2. The quantitative estimate of drug-likeness (QED) is 0.340. The smallest absolute Gasteiger partial charge is 0.191 e. The van der Waals surface area contributed by atoms with E-state index < -0.39 is 0 Å². The summed E-state index contributed by atoms with van der Waals surface area (Å²) in [5, 5.41) is 10.0. The van der Waals surface area contributed by atoms with Gasteiger partial charge >= 0.3 is 0 Å². The van der Waals surface area contributed by atoms with Gasteiger partial charge in [-0.3, -0.25) is 4.99 Å². The first-order valence-corrected chi connectivity index (χ1v) is 10.7. The molecule has 0 atom stereocenters. The van der Waals surface area contributed by atoms with Crippen LogP contribution >= 0.6 is 11.3 Å². The molecule has 2 N–H and O–H groups in total. The SMILES string of the molecule is CCNC(=NCCCCc1nc(C)cs1)NCCc1ccc(OC)c(OC)c1. The highest BCUT2D eigenvalue weighted by molar-refractivity contribution is 7.09. The normalized spacial score (nSPS) is 11.4. The lowest BCUT2D eigenvalue weighted by atomic mass is 10.1. The molecule has 0 amide bonds. The molecule has 1 heterocycles. The summed E-state index contributed by atoms with van der Waals surface area (Å²) in [5.41, 5.74) is 2.31. The second kappa shape index (κ2) is 12.2. The van der Waals surface area contributed by atoms with Gasteiger partial charge in [-0.25, -0.2) is 4.98 Å². The number of nitrogens with one attached hydrogen (secondary N) is 2. The fourth-order valence-electron chi connectivity index (χ4n) is 2.80. The van der Waals surface area contributed by atoms with Gasteiger partial charge in [0, 0.05) is 30.7 Å². The number of aryl methyl sites for hydroxylation is 2. The molecule has 0 saturated carbocycles. The highest BCUT2D eigenvalue weighted by Crippen LogP contribution is 2.27. The molecule has 1 aromatic heterocycles. The van der Waals surface area contributed by atoms with Gasteiger partial charge < -0.3 is 20.1 Å². The summed E-state index contributed by atoms with van der Waals surface area (Å²) in [7, 11) is 3.31. The van der Waals surface area contributed by atoms with E-state index in [0.717, 1.165) is 68.5 Å². The van der Waals surface area contributed by atoms with Crippen LogP contribution in [0.3, 0.4) is 0 Å². The Balaban J connectivity index is 1.74. The summed E-state index contributed by atoms with van der Waals surface area (Å²) < 4.78 is 10.7. The third-order valence-electron chi connectivity index (χ3n) is 4.23. The number of thiazole rings is 1. The van der Waals surface area contributed by atoms with Crippen molar-refractivity contribution in [3.05, 3.63) is 39.8 Å². The van der Waals surface area contributed by atoms with E-state index in [1.54, 1.807) is 25.6 Å². The van der Waals surface area contributed by atoms with Gasteiger partial charge in [-0.1, -0.05) is 6.07 Å². The van der Waals surface area contributed by atoms with Crippen molar-refractivity contribution in [3.8, 4) is 11.5 Å². The number of hydrogen-bond acceptors (Lipinski definition) is 5. The van der Waals surface area contributed by atoms with Crippen LogP contribution in [0.15, 0.2) is 28.6 Å². The van der Waals surface area contributed by atoms with Gasteiger partial charge in [0.1, 0.15) is 0 Å². The zero-order valence-electron chi connectivity index (χ0n) is 17.4. The van der Waals surface area contributed by atoms with Gasteiger partial charge in [-0.2, -0.15) is 0 Å². The molecule has 0 bridgehead atoms. The Morgan fingerprint density at radius 3 is 2.61 bits per heavy atom. The van der Waals surface area contributed by atoms with E-state index in [-0.39, 0.29) is 0 Å². The Labute approximate surface area is 172 Å². The molecule has 2 aromatic rings. The molecule has 1 aromatic carbocycles. The number of aromatic nitrogens is 1. The van der Waals surface area contributed by atoms with Crippen molar-refractivity contribution in [2.75, 3.05) is 33.9 Å². The molecule has 2 rings (SSSR count). The Morgan fingerprint density at radius 2 is 1.93 bits per heavy atom. The lowest BCUT2D eigenvalue weighted by Gasteiger charge is -2.12. The molecule has 0 radical (unpaired) electrons. The van der Waals surface area contributed by atoms with Crippen LogP contribution in [0, 0.1) is 6.92 Å². The molecule has 0 aliphatic heterocycles. The number of benzene rings is 1. The van der Waals surface area contributed by atoms with Gasteiger partial charge in [-0.15, -0.1) is 11.3 Å². The molecular formula is C21H32N4O2S. The molecule has 0 aliphatic rings. The molecule has 154 valence electrons. The van der Waals surface area contributed by atoms with Crippen LogP contribution in [-0.2, 0) is 12.8 Å². The zero-order chi connectivity index (χ0) is 20.2. The average Bonchev–Trinajstić information content (AvgIpc) is 3.12. The maximum absolute atomic E-state index is 5.37.